The SMILES string of the molecule is CC(C)CSC(CC(=O)O)C(=O)NCC1CCC(C(=O)NC(C)C)CC1. The predicted molar refractivity (Wildman–Crippen MR) is 105 cm³/mol. The van der Waals surface area contributed by atoms with E-state index in [1.165, 1.54) is 11.8 Å². The van der Waals surface area contributed by atoms with Crippen molar-refractivity contribution in [3.05, 3.63) is 0 Å². The summed E-state index contributed by atoms with van der Waals surface area (Å²) in [6.07, 6.45) is 3.38. The Kier molecular flexibility index (Phi) is 10.1. The van der Waals surface area contributed by atoms with Gasteiger partial charge in [0.15, 0.2) is 0 Å². The summed E-state index contributed by atoms with van der Waals surface area (Å²) in [4.78, 5) is 35.4. The van der Waals surface area contributed by atoms with Crippen molar-refractivity contribution in [2.75, 3.05) is 12.3 Å². The van der Waals surface area contributed by atoms with Crippen LogP contribution in [-0.4, -0.2) is 46.5 Å². The van der Waals surface area contributed by atoms with Crippen molar-refractivity contribution >= 4 is 29.5 Å². The second-order valence-electron chi connectivity index (χ2n) is 7.94. The molecular weight excluding hydrogens is 352 g/mol. The Bertz CT molecular complexity index is 474. The van der Waals surface area contributed by atoms with E-state index in [4.69, 9.17) is 5.11 Å². The monoisotopic (exact) mass is 386 g/mol. The number of carboxylic acid groups (broad SMARTS) is 1. The Hall–Kier alpha value is -1.24. The van der Waals surface area contributed by atoms with E-state index in [2.05, 4.69) is 24.5 Å². The molecule has 0 aromatic rings. The third-order valence-electron chi connectivity index (χ3n) is 4.50. The van der Waals surface area contributed by atoms with E-state index in [1.807, 2.05) is 13.8 Å². The van der Waals surface area contributed by atoms with Gasteiger partial charge in [-0.3, -0.25) is 14.4 Å². The maximum Gasteiger partial charge on any atom is 0.305 e. The summed E-state index contributed by atoms with van der Waals surface area (Å²) in [6, 6.07) is 0.161. The molecule has 2 amide bonds. The van der Waals surface area contributed by atoms with Gasteiger partial charge in [0, 0.05) is 18.5 Å². The standard InChI is InChI=1S/C19H34N2O4S/c1-12(2)11-26-16(9-17(22)23)19(25)20-10-14-5-7-15(8-6-14)18(24)21-13(3)4/h12-16H,5-11H2,1-4H3,(H,20,25)(H,21,24)(H,22,23). The van der Waals surface area contributed by atoms with Crippen LogP contribution >= 0.6 is 11.8 Å². The smallest absolute Gasteiger partial charge is 0.305 e. The summed E-state index contributed by atoms with van der Waals surface area (Å²) in [5.74, 6) is 0.621. The van der Waals surface area contributed by atoms with Crippen LogP contribution in [0.4, 0.5) is 0 Å². The van der Waals surface area contributed by atoms with Crippen LogP contribution < -0.4 is 10.6 Å². The molecule has 1 saturated carbocycles. The van der Waals surface area contributed by atoms with Crippen molar-refractivity contribution in [1.29, 1.82) is 0 Å². The molecular formula is C19H34N2O4S. The van der Waals surface area contributed by atoms with E-state index in [0.717, 1.165) is 31.4 Å². The van der Waals surface area contributed by atoms with E-state index in [0.29, 0.717) is 18.4 Å². The number of amides is 2. The van der Waals surface area contributed by atoms with Crippen LogP contribution in [0.3, 0.4) is 0 Å². The second-order valence-corrected chi connectivity index (χ2v) is 9.18. The summed E-state index contributed by atoms with van der Waals surface area (Å²) < 4.78 is 0. The molecule has 0 radical (unpaired) electrons. The molecule has 3 N–H and O–H groups in total. The molecule has 1 unspecified atom stereocenters. The van der Waals surface area contributed by atoms with E-state index in [-0.39, 0.29) is 30.2 Å². The molecule has 0 aromatic heterocycles. The summed E-state index contributed by atoms with van der Waals surface area (Å²) in [5, 5.41) is 14.4. The van der Waals surface area contributed by atoms with Crippen LogP contribution in [0, 0.1) is 17.8 Å². The molecule has 1 rings (SSSR count). The third-order valence-corrected chi connectivity index (χ3v) is 6.14. The molecule has 0 heterocycles. The summed E-state index contributed by atoms with van der Waals surface area (Å²) in [5.41, 5.74) is 0. The van der Waals surface area contributed by atoms with Crippen molar-refractivity contribution in [1.82, 2.24) is 10.6 Å². The van der Waals surface area contributed by atoms with Gasteiger partial charge in [-0.15, -0.1) is 11.8 Å². The van der Waals surface area contributed by atoms with Gasteiger partial charge in [0.1, 0.15) is 0 Å². The van der Waals surface area contributed by atoms with Gasteiger partial charge in [0.05, 0.1) is 11.7 Å². The Morgan fingerprint density at radius 3 is 2.19 bits per heavy atom. The molecule has 1 aliphatic rings. The molecule has 1 fully saturated rings. The van der Waals surface area contributed by atoms with Gasteiger partial charge in [-0.2, -0.15) is 0 Å². The maximum absolute atomic E-state index is 12.4. The highest BCUT2D eigenvalue weighted by Gasteiger charge is 2.28. The number of carboxylic acids is 1. The Morgan fingerprint density at radius 2 is 1.69 bits per heavy atom. The van der Waals surface area contributed by atoms with Crippen molar-refractivity contribution in [3.8, 4) is 0 Å². The fourth-order valence-electron chi connectivity index (χ4n) is 3.08. The zero-order valence-corrected chi connectivity index (χ0v) is 17.2. The first-order valence-electron chi connectivity index (χ1n) is 9.60. The highest BCUT2D eigenvalue weighted by Crippen LogP contribution is 2.29. The Balaban J connectivity index is 2.39. The van der Waals surface area contributed by atoms with Crippen molar-refractivity contribution in [2.45, 2.75) is 71.1 Å². The van der Waals surface area contributed by atoms with Crippen LogP contribution in [-0.2, 0) is 14.4 Å². The molecule has 26 heavy (non-hydrogen) atoms. The predicted octanol–water partition coefficient (Wildman–Crippen LogP) is 2.67. The van der Waals surface area contributed by atoms with Crippen LogP contribution in [0.2, 0.25) is 0 Å². The van der Waals surface area contributed by atoms with Crippen molar-refractivity contribution < 1.29 is 19.5 Å². The van der Waals surface area contributed by atoms with Crippen molar-refractivity contribution in [2.24, 2.45) is 17.8 Å². The fraction of sp³-hybridized carbons (Fsp3) is 0.842. The molecule has 1 aliphatic carbocycles. The molecule has 0 bridgehead atoms. The summed E-state index contributed by atoms with van der Waals surface area (Å²) >= 11 is 1.42. The first-order chi connectivity index (χ1) is 12.2. The van der Waals surface area contributed by atoms with Gasteiger partial charge in [-0.05, 0) is 57.1 Å². The lowest BCUT2D eigenvalue weighted by atomic mass is 9.81. The Morgan fingerprint density at radius 1 is 1.08 bits per heavy atom. The molecule has 7 heteroatoms. The highest BCUT2D eigenvalue weighted by atomic mass is 32.2. The number of thioether (sulfide) groups is 1. The quantitative estimate of drug-likeness (QED) is 0.536. The lowest BCUT2D eigenvalue weighted by Gasteiger charge is -2.29. The maximum atomic E-state index is 12.4. The Labute approximate surface area is 161 Å². The van der Waals surface area contributed by atoms with Crippen LogP contribution in [0.5, 0.6) is 0 Å². The molecule has 150 valence electrons. The number of carbonyl (C=O) groups excluding carboxylic acids is 2. The van der Waals surface area contributed by atoms with Crippen LogP contribution in [0.15, 0.2) is 0 Å². The lowest BCUT2D eigenvalue weighted by Crippen LogP contribution is -2.40. The minimum absolute atomic E-state index is 0.0747. The van der Waals surface area contributed by atoms with E-state index in [9.17, 15) is 14.4 Å². The molecule has 0 saturated heterocycles. The normalized spacial score (nSPS) is 21.5. The van der Waals surface area contributed by atoms with Crippen molar-refractivity contribution in [3.63, 3.8) is 0 Å². The van der Waals surface area contributed by atoms with Crippen LogP contribution in [0.1, 0.15) is 59.8 Å². The van der Waals surface area contributed by atoms with E-state index < -0.39 is 11.2 Å². The molecule has 1 atom stereocenters. The average Bonchev–Trinajstić information content (AvgIpc) is 2.55. The topological polar surface area (TPSA) is 95.5 Å². The summed E-state index contributed by atoms with van der Waals surface area (Å²) in [6.45, 7) is 8.59. The minimum Gasteiger partial charge on any atom is -0.481 e. The minimum atomic E-state index is -0.946. The average molecular weight is 387 g/mol. The van der Waals surface area contributed by atoms with E-state index in [1.54, 1.807) is 0 Å². The molecule has 0 aromatic carbocycles. The first kappa shape index (κ1) is 22.8. The van der Waals surface area contributed by atoms with Gasteiger partial charge < -0.3 is 15.7 Å². The number of carbonyl (C=O) groups is 3. The fourth-order valence-corrected chi connectivity index (χ4v) is 4.20. The largest absolute Gasteiger partial charge is 0.481 e. The lowest BCUT2D eigenvalue weighted by molar-refractivity contribution is -0.138. The number of rotatable bonds is 10. The molecule has 0 aliphatic heterocycles. The number of hydrogen-bond acceptors (Lipinski definition) is 4. The zero-order valence-electron chi connectivity index (χ0n) is 16.4. The van der Waals surface area contributed by atoms with Gasteiger partial charge in [-0.1, -0.05) is 13.8 Å². The number of hydrogen-bond donors (Lipinski definition) is 3. The van der Waals surface area contributed by atoms with Gasteiger partial charge in [0.2, 0.25) is 11.8 Å². The number of nitrogens with one attached hydrogen (secondary N) is 2. The van der Waals surface area contributed by atoms with E-state index >= 15 is 0 Å². The van der Waals surface area contributed by atoms with Crippen LogP contribution in [0.25, 0.3) is 0 Å². The molecule has 0 spiro atoms. The molecule has 6 nitrogen and oxygen atoms in total. The van der Waals surface area contributed by atoms with Gasteiger partial charge in [-0.25, -0.2) is 0 Å². The van der Waals surface area contributed by atoms with Gasteiger partial charge in [0.25, 0.3) is 0 Å². The summed E-state index contributed by atoms with van der Waals surface area (Å²) in [7, 11) is 0. The third kappa shape index (κ3) is 8.92. The first-order valence-corrected chi connectivity index (χ1v) is 10.6. The van der Waals surface area contributed by atoms with Gasteiger partial charge >= 0.3 is 5.97 Å². The number of aliphatic carboxylic acids is 1. The highest BCUT2D eigenvalue weighted by molar-refractivity contribution is 8.00. The second kappa shape index (κ2) is 11.5. The zero-order chi connectivity index (χ0) is 19.7.